The Morgan fingerprint density at radius 2 is 2.14 bits per heavy atom. The van der Waals surface area contributed by atoms with Crippen LogP contribution in [0.1, 0.15) is 32.3 Å². The molecule has 0 bridgehead atoms. The summed E-state index contributed by atoms with van der Waals surface area (Å²) in [5, 5.41) is 9.44. The number of ether oxygens (including phenoxy) is 1. The van der Waals surface area contributed by atoms with Crippen molar-refractivity contribution in [2.24, 2.45) is 0 Å². The molecule has 1 atom stereocenters. The van der Waals surface area contributed by atoms with Crippen molar-refractivity contribution in [3.8, 4) is 5.75 Å². The van der Waals surface area contributed by atoms with E-state index < -0.39 is 6.29 Å². The molecule has 1 aromatic carbocycles. The zero-order chi connectivity index (χ0) is 10.4. The fourth-order valence-corrected chi connectivity index (χ4v) is 1.30. The minimum atomic E-state index is -0.674. The Morgan fingerprint density at radius 3 is 2.79 bits per heavy atom. The number of hydrogen-bond acceptors (Lipinski definition) is 2. The van der Waals surface area contributed by atoms with Gasteiger partial charge in [0, 0.05) is 6.42 Å². The summed E-state index contributed by atoms with van der Waals surface area (Å²) < 4.78 is 5.35. The molecular formula is C12H18O2. The van der Waals surface area contributed by atoms with Crippen molar-refractivity contribution in [3.63, 3.8) is 0 Å². The van der Waals surface area contributed by atoms with Crippen molar-refractivity contribution < 1.29 is 9.84 Å². The molecule has 0 fully saturated rings. The normalized spacial score (nSPS) is 12.5. The van der Waals surface area contributed by atoms with E-state index in [1.165, 1.54) is 5.56 Å². The Kier molecular flexibility index (Phi) is 4.47. The van der Waals surface area contributed by atoms with Crippen LogP contribution in [0.25, 0.3) is 0 Å². The van der Waals surface area contributed by atoms with Crippen LogP contribution in [0.2, 0.25) is 0 Å². The standard InChI is InChI=1S/C12H18O2/c1-3-6-12(13)14-11-8-5-7-10(4-2)9-11/h5,7-9,12-13H,3-4,6H2,1-2H3. The second-order valence-electron chi connectivity index (χ2n) is 3.36. The van der Waals surface area contributed by atoms with Crippen molar-refractivity contribution >= 4 is 0 Å². The van der Waals surface area contributed by atoms with Crippen LogP contribution >= 0.6 is 0 Å². The Labute approximate surface area is 85.5 Å². The molecular weight excluding hydrogens is 176 g/mol. The largest absolute Gasteiger partial charge is 0.465 e. The van der Waals surface area contributed by atoms with E-state index in [9.17, 15) is 5.11 Å². The van der Waals surface area contributed by atoms with Gasteiger partial charge in [-0.2, -0.15) is 0 Å². The minimum absolute atomic E-state index is 0.674. The second kappa shape index (κ2) is 5.66. The Hall–Kier alpha value is -1.02. The summed E-state index contributed by atoms with van der Waals surface area (Å²) in [7, 11) is 0. The summed E-state index contributed by atoms with van der Waals surface area (Å²) in [5.74, 6) is 0.755. The molecule has 0 heterocycles. The highest BCUT2D eigenvalue weighted by Gasteiger charge is 2.03. The quantitative estimate of drug-likeness (QED) is 0.730. The summed E-state index contributed by atoms with van der Waals surface area (Å²) in [4.78, 5) is 0. The fourth-order valence-electron chi connectivity index (χ4n) is 1.30. The lowest BCUT2D eigenvalue weighted by Gasteiger charge is -2.12. The molecule has 1 unspecified atom stereocenters. The Balaban J connectivity index is 2.57. The molecule has 0 saturated heterocycles. The van der Waals surface area contributed by atoms with Gasteiger partial charge in [0.2, 0.25) is 0 Å². The minimum Gasteiger partial charge on any atom is -0.465 e. The van der Waals surface area contributed by atoms with Crippen LogP contribution in [0.3, 0.4) is 0 Å². The zero-order valence-corrected chi connectivity index (χ0v) is 8.86. The molecule has 1 N–H and O–H groups in total. The predicted octanol–water partition coefficient (Wildman–Crippen LogP) is 2.75. The van der Waals surface area contributed by atoms with E-state index in [1.54, 1.807) is 0 Å². The van der Waals surface area contributed by atoms with Gasteiger partial charge < -0.3 is 9.84 Å². The third-order valence-corrected chi connectivity index (χ3v) is 2.11. The average Bonchev–Trinajstić information content (AvgIpc) is 2.18. The first-order chi connectivity index (χ1) is 6.76. The number of rotatable bonds is 5. The zero-order valence-electron chi connectivity index (χ0n) is 8.86. The van der Waals surface area contributed by atoms with Crippen molar-refractivity contribution in [1.29, 1.82) is 0 Å². The van der Waals surface area contributed by atoms with Crippen LogP contribution in [-0.4, -0.2) is 11.4 Å². The summed E-state index contributed by atoms with van der Waals surface area (Å²) in [6.45, 7) is 4.12. The van der Waals surface area contributed by atoms with E-state index in [4.69, 9.17) is 4.74 Å². The highest BCUT2D eigenvalue weighted by Crippen LogP contribution is 2.15. The SMILES string of the molecule is CCCC(O)Oc1cccc(CC)c1. The summed E-state index contributed by atoms with van der Waals surface area (Å²) >= 11 is 0. The third-order valence-electron chi connectivity index (χ3n) is 2.11. The topological polar surface area (TPSA) is 29.5 Å². The van der Waals surface area contributed by atoms with E-state index in [0.717, 1.165) is 18.6 Å². The Bertz CT molecular complexity index is 271. The molecule has 0 aromatic heterocycles. The van der Waals surface area contributed by atoms with E-state index in [-0.39, 0.29) is 0 Å². The molecule has 0 spiro atoms. The number of benzene rings is 1. The first kappa shape index (κ1) is 11.1. The summed E-state index contributed by atoms with van der Waals surface area (Å²) in [5.41, 5.74) is 1.23. The van der Waals surface area contributed by atoms with Crippen molar-refractivity contribution in [2.75, 3.05) is 0 Å². The van der Waals surface area contributed by atoms with Crippen LogP contribution < -0.4 is 4.74 Å². The van der Waals surface area contributed by atoms with Crippen LogP contribution in [0.4, 0.5) is 0 Å². The van der Waals surface area contributed by atoms with Crippen LogP contribution in [0.5, 0.6) is 5.75 Å². The molecule has 78 valence electrons. The van der Waals surface area contributed by atoms with E-state index >= 15 is 0 Å². The van der Waals surface area contributed by atoms with Gasteiger partial charge in [-0.1, -0.05) is 32.4 Å². The lowest BCUT2D eigenvalue weighted by molar-refractivity contribution is -0.0233. The van der Waals surface area contributed by atoms with Gasteiger partial charge in [-0.15, -0.1) is 0 Å². The van der Waals surface area contributed by atoms with Gasteiger partial charge in [-0.3, -0.25) is 0 Å². The van der Waals surface area contributed by atoms with Gasteiger partial charge in [0.1, 0.15) is 5.75 Å². The van der Waals surface area contributed by atoms with Crippen LogP contribution in [0, 0.1) is 0 Å². The summed E-state index contributed by atoms with van der Waals surface area (Å²) in [6, 6.07) is 7.85. The van der Waals surface area contributed by atoms with Gasteiger partial charge in [0.25, 0.3) is 0 Å². The molecule has 0 radical (unpaired) electrons. The first-order valence-corrected chi connectivity index (χ1v) is 5.20. The molecule has 1 rings (SSSR count). The van der Waals surface area contributed by atoms with Crippen molar-refractivity contribution in [2.45, 2.75) is 39.4 Å². The monoisotopic (exact) mass is 194 g/mol. The van der Waals surface area contributed by atoms with E-state index in [1.807, 2.05) is 25.1 Å². The number of aryl methyl sites for hydroxylation is 1. The van der Waals surface area contributed by atoms with Gasteiger partial charge in [0.05, 0.1) is 0 Å². The van der Waals surface area contributed by atoms with Crippen LogP contribution in [-0.2, 0) is 6.42 Å². The molecule has 0 saturated carbocycles. The molecule has 14 heavy (non-hydrogen) atoms. The number of aliphatic hydroxyl groups excluding tert-OH is 1. The molecule has 0 aliphatic carbocycles. The third kappa shape index (κ3) is 3.38. The molecule has 0 aliphatic rings. The first-order valence-electron chi connectivity index (χ1n) is 5.20. The van der Waals surface area contributed by atoms with Gasteiger partial charge in [-0.25, -0.2) is 0 Å². The molecule has 0 aliphatic heterocycles. The maximum Gasteiger partial charge on any atom is 0.197 e. The predicted molar refractivity (Wildman–Crippen MR) is 57.4 cm³/mol. The Morgan fingerprint density at radius 1 is 1.36 bits per heavy atom. The number of hydrogen-bond donors (Lipinski definition) is 1. The lowest BCUT2D eigenvalue weighted by atomic mass is 10.2. The molecule has 0 amide bonds. The smallest absolute Gasteiger partial charge is 0.197 e. The molecule has 2 nitrogen and oxygen atoms in total. The lowest BCUT2D eigenvalue weighted by Crippen LogP contribution is -2.14. The summed E-state index contributed by atoms with van der Waals surface area (Å²) in [6.07, 6.45) is 1.92. The molecule has 2 heteroatoms. The van der Waals surface area contributed by atoms with Crippen molar-refractivity contribution in [1.82, 2.24) is 0 Å². The van der Waals surface area contributed by atoms with E-state index in [0.29, 0.717) is 6.42 Å². The highest BCUT2D eigenvalue weighted by molar-refractivity contribution is 5.28. The van der Waals surface area contributed by atoms with Gasteiger partial charge in [0.15, 0.2) is 6.29 Å². The highest BCUT2D eigenvalue weighted by atomic mass is 16.6. The van der Waals surface area contributed by atoms with Gasteiger partial charge >= 0.3 is 0 Å². The number of aliphatic hydroxyl groups is 1. The van der Waals surface area contributed by atoms with E-state index in [2.05, 4.69) is 13.0 Å². The van der Waals surface area contributed by atoms with Crippen molar-refractivity contribution in [3.05, 3.63) is 29.8 Å². The van der Waals surface area contributed by atoms with Crippen LogP contribution in [0.15, 0.2) is 24.3 Å². The second-order valence-corrected chi connectivity index (χ2v) is 3.36. The average molecular weight is 194 g/mol. The van der Waals surface area contributed by atoms with Gasteiger partial charge in [-0.05, 0) is 24.1 Å². The maximum atomic E-state index is 9.44. The maximum absolute atomic E-state index is 9.44. The fraction of sp³-hybridized carbons (Fsp3) is 0.500. The molecule has 1 aromatic rings.